The highest BCUT2D eigenvalue weighted by Crippen LogP contribution is 2.41. The second kappa shape index (κ2) is 9.29. The molecule has 4 rings (SSSR count). The van der Waals surface area contributed by atoms with Crippen LogP contribution in [0.15, 0.2) is 85.0 Å². The predicted molar refractivity (Wildman–Crippen MR) is 125 cm³/mol. The average molecular weight is 435 g/mol. The second-order valence-corrected chi connectivity index (χ2v) is 8.72. The van der Waals surface area contributed by atoms with Crippen LogP contribution in [0.25, 0.3) is 0 Å². The maximum absolute atomic E-state index is 15.9. The number of halogens is 1. The first-order chi connectivity index (χ1) is 15.5. The van der Waals surface area contributed by atoms with Crippen LogP contribution in [-0.4, -0.2) is 35.8 Å². The molecule has 2 N–H and O–H groups in total. The summed E-state index contributed by atoms with van der Waals surface area (Å²) in [5, 5.41) is 0. The zero-order valence-corrected chi connectivity index (χ0v) is 18.5. The number of benzene rings is 2. The Morgan fingerprint density at radius 2 is 1.72 bits per heavy atom. The van der Waals surface area contributed by atoms with Crippen LogP contribution in [0.5, 0.6) is 0 Å². The number of rotatable bonds is 7. The zero-order valence-electron chi connectivity index (χ0n) is 18.5. The predicted octanol–water partition coefficient (Wildman–Crippen LogP) is 5.47. The molecule has 1 aliphatic heterocycles. The molecule has 2 aromatic carbocycles. The smallest absolute Gasteiger partial charge is 0.411 e. The minimum absolute atomic E-state index is 0.0302. The number of nitrogens with two attached hydrogens (primary N) is 1. The van der Waals surface area contributed by atoms with Crippen molar-refractivity contribution in [3.05, 3.63) is 96.1 Å². The quantitative estimate of drug-likeness (QED) is 0.588. The van der Waals surface area contributed by atoms with Crippen LogP contribution in [0.1, 0.15) is 43.2 Å². The van der Waals surface area contributed by atoms with Crippen molar-refractivity contribution < 1.29 is 13.9 Å². The van der Waals surface area contributed by atoms with Crippen LogP contribution in [0.4, 0.5) is 9.18 Å². The van der Waals surface area contributed by atoms with Gasteiger partial charge < -0.3 is 15.4 Å². The summed E-state index contributed by atoms with van der Waals surface area (Å²) in [6.07, 6.45) is 8.43. The first-order valence-electron chi connectivity index (χ1n) is 11.4. The Morgan fingerprint density at radius 3 is 2.31 bits per heavy atom. The van der Waals surface area contributed by atoms with Gasteiger partial charge in [0.1, 0.15) is 5.60 Å². The van der Waals surface area contributed by atoms with E-state index in [2.05, 4.69) is 0 Å². The van der Waals surface area contributed by atoms with Gasteiger partial charge in [-0.25, -0.2) is 9.18 Å². The van der Waals surface area contributed by atoms with Gasteiger partial charge in [-0.05, 0) is 49.6 Å². The van der Waals surface area contributed by atoms with Crippen LogP contribution < -0.4 is 5.73 Å². The number of cyclic esters (lactones) is 1. The lowest BCUT2D eigenvalue weighted by Crippen LogP contribution is -2.56. The van der Waals surface area contributed by atoms with Gasteiger partial charge in [0.05, 0.1) is 6.04 Å². The van der Waals surface area contributed by atoms with Crippen molar-refractivity contribution in [2.75, 3.05) is 13.1 Å². The lowest BCUT2D eigenvalue weighted by molar-refractivity contribution is -0.0738. The first kappa shape index (κ1) is 22.3. The van der Waals surface area contributed by atoms with Crippen molar-refractivity contribution in [3.8, 4) is 0 Å². The molecule has 0 saturated carbocycles. The van der Waals surface area contributed by atoms with E-state index in [9.17, 15) is 4.79 Å². The summed E-state index contributed by atoms with van der Waals surface area (Å²) in [5.74, 6) is 0.0302. The van der Waals surface area contributed by atoms with Crippen LogP contribution in [0.3, 0.4) is 0 Å². The Balaban J connectivity index is 1.49. The molecule has 2 aliphatic rings. The third-order valence-corrected chi connectivity index (χ3v) is 6.77. The molecule has 0 radical (unpaired) electrons. The van der Waals surface area contributed by atoms with Crippen molar-refractivity contribution >= 4 is 6.09 Å². The number of alkyl halides is 1. The van der Waals surface area contributed by atoms with Crippen molar-refractivity contribution in [2.24, 2.45) is 5.73 Å². The van der Waals surface area contributed by atoms with Crippen LogP contribution in [-0.2, 0) is 10.3 Å². The van der Waals surface area contributed by atoms with Crippen LogP contribution in [0, 0.1) is 0 Å². The summed E-state index contributed by atoms with van der Waals surface area (Å²) in [5.41, 5.74) is 5.37. The minimum Gasteiger partial charge on any atom is -0.438 e. The number of allylic oxidation sites excluding steroid dienone is 2. The average Bonchev–Trinajstić information content (AvgIpc) is 2.84. The highest BCUT2D eigenvalue weighted by molar-refractivity contribution is 5.70. The fraction of sp³-hybridized carbons (Fsp3) is 0.370. The molecule has 0 unspecified atom stereocenters. The number of hydrogen-bond acceptors (Lipinski definition) is 3. The van der Waals surface area contributed by atoms with Crippen molar-refractivity contribution in [1.29, 1.82) is 0 Å². The zero-order chi connectivity index (χ0) is 22.6. The van der Waals surface area contributed by atoms with E-state index in [1.165, 1.54) is 4.90 Å². The van der Waals surface area contributed by atoms with Gasteiger partial charge in [0.25, 0.3) is 0 Å². The largest absolute Gasteiger partial charge is 0.438 e. The van der Waals surface area contributed by atoms with E-state index in [1.807, 2.05) is 72.8 Å². The molecule has 1 amide bonds. The molecule has 32 heavy (non-hydrogen) atoms. The van der Waals surface area contributed by atoms with Gasteiger partial charge in [-0.1, -0.05) is 72.8 Å². The van der Waals surface area contributed by atoms with Crippen LogP contribution >= 0.6 is 0 Å². The minimum atomic E-state index is -1.74. The molecule has 1 heterocycles. The summed E-state index contributed by atoms with van der Waals surface area (Å²) in [6, 6.07) is 19.1. The fourth-order valence-electron chi connectivity index (χ4n) is 4.71. The van der Waals surface area contributed by atoms with Gasteiger partial charge >= 0.3 is 6.09 Å². The molecular formula is C27H31FN2O2. The normalized spacial score (nSPS) is 28.4. The summed E-state index contributed by atoms with van der Waals surface area (Å²) in [7, 11) is 0. The van der Waals surface area contributed by atoms with E-state index in [-0.39, 0.29) is 5.92 Å². The lowest BCUT2D eigenvalue weighted by atomic mass is 9.83. The molecule has 1 fully saturated rings. The van der Waals surface area contributed by atoms with Gasteiger partial charge in [0.15, 0.2) is 5.67 Å². The summed E-state index contributed by atoms with van der Waals surface area (Å²) in [4.78, 5) is 14.6. The molecule has 2 atom stereocenters. The van der Waals surface area contributed by atoms with E-state index < -0.39 is 23.4 Å². The highest BCUT2D eigenvalue weighted by Gasteiger charge is 2.47. The summed E-state index contributed by atoms with van der Waals surface area (Å²) < 4.78 is 21.9. The number of amides is 1. The summed E-state index contributed by atoms with van der Waals surface area (Å²) in [6.45, 7) is 2.70. The lowest BCUT2D eigenvalue weighted by Gasteiger charge is -2.45. The molecule has 5 heteroatoms. The topological polar surface area (TPSA) is 55.6 Å². The number of carbonyl (C=O) groups excluding carboxylic acids is 1. The van der Waals surface area contributed by atoms with E-state index in [1.54, 1.807) is 19.1 Å². The monoisotopic (exact) mass is 434 g/mol. The Morgan fingerprint density at radius 1 is 1.09 bits per heavy atom. The fourth-order valence-corrected chi connectivity index (χ4v) is 4.71. The van der Waals surface area contributed by atoms with Crippen molar-refractivity contribution in [3.63, 3.8) is 0 Å². The molecular weight excluding hydrogens is 403 g/mol. The molecule has 4 nitrogen and oxygen atoms in total. The van der Waals surface area contributed by atoms with E-state index in [4.69, 9.17) is 10.5 Å². The third-order valence-electron chi connectivity index (χ3n) is 6.77. The van der Waals surface area contributed by atoms with E-state index in [0.717, 1.165) is 17.5 Å². The molecule has 1 aliphatic carbocycles. The number of ether oxygens (including phenoxy) is 1. The second-order valence-electron chi connectivity index (χ2n) is 8.72. The molecule has 1 saturated heterocycles. The maximum atomic E-state index is 15.9. The number of hydrogen-bond donors (Lipinski definition) is 1. The maximum Gasteiger partial charge on any atom is 0.411 e. The molecule has 0 bridgehead atoms. The van der Waals surface area contributed by atoms with Crippen LogP contribution in [0.2, 0.25) is 0 Å². The Labute approximate surface area is 189 Å². The molecule has 0 spiro atoms. The SMILES string of the molecule is C[C@H](N1CC[C@](CCCN)(c2ccccc2)OC1=O)C1(F)C=CC(c2ccccc2)C=C1. The molecule has 168 valence electrons. The Bertz CT molecular complexity index is 962. The third kappa shape index (κ3) is 4.35. The first-order valence-corrected chi connectivity index (χ1v) is 11.4. The number of carbonyl (C=O) groups is 1. The highest BCUT2D eigenvalue weighted by atomic mass is 19.1. The van der Waals surface area contributed by atoms with Crippen molar-refractivity contribution in [1.82, 2.24) is 4.90 Å². The molecule has 2 aromatic rings. The van der Waals surface area contributed by atoms with Gasteiger partial charge in [0.2, 0.25) is 0 Å². The van der Waals surface area contributed by atoms with Gasteiger partial charge in [-0.15, -0.1) is 0 Å². The van der Waals surface area contributed by atoms with Crippen molar-refractivity contribution in [2.45, 2.75) is 49.4 Å². The Kier molecular flexibility index (Phi) is 6.47. The van der Waals surface area contributed by atoms with Gasteiger partial charge in [-0.2, -0.15) is 0 Å². The standard InChI is InChI=1S/C27H31FN2O2/c1-21(26(28)16-13-23(14-17-26)22-9-4-2-5-10-22)30-20-18-27(15-8-19-29,32-25(30)31)24-11-6-3-7-12-24/h2-7,9-14,16-17,21,23H,8,15,18-20,29H2,1H3/t21-,23?,26?,27+/m0/s1. The molecule has 0 aromatic heterocycles. The number of nitrogens with zero attached hydrogens (tertiary/aromatic N) is 1. The van der Waals surface area contributed by atoms with E-state index in [0.29, 0.717) is 25.9 Å². The Hall–Kier alpha value is -2.92. The summed E-state index contributed by atoms with van der Waals surface area (Å²) >= 11 is 0. The van der Waals surface area contributed by atoms with Gasteiger partial charge in [-0.3, -0.25) is 0 Å². The van der Waals surface area contributed by atoms with E-state index >= 15 is 4.39 Å². The van der Waals surface area contributed by atoms with Gasteiger partial charge in [0, 0.05) is 18.9 Å².